The van der Waals surface area contributed by atoms with E-state index in [9.17, 15) is 4.79 Å². The molecule has 2 aromatic heterocycles. The average Bonchev–Trinajstić information content (AvgIpc) is 3.43. The molecule has 0 radical (unpaired) electrons. The number of benzene rings is 1. The number of morpholine rings is 1. The molecule has 8 heteroatoms. The van der Waals surface area contributed by atoms with Crippen molar-refractivity contribution in [2.45, 2.75) is 38.1 Å². The van der Waals surface area contributed by atoms with Crippen molar-refractivity contribution in [1.29, 1.82) is 0 Å². The Morgan fingerprint density at radius 2 is 2.10 bits per heavy atom. The van der Waals surface area contributed by atoms with Crippen LogP contribution in [0.1, 0.15) is 41.4 Å². The summed E-state index contributed by atoms with van der Waals surface area (Å²) in [6.07, 6.45) is 8.60. The molecule has 30 heavy (non-hydrogen) atoms. The van der Waals surface area contributed by atoms with Crippen molar-refractivity contribution in [3.05, 3.63) is 53.1 Å². The molecule has 2 aliphatic rings. The van der Waals surface area contributed by atoms with Crippen LogP contribution in [0.25, 0.3) is 11.5 Å². The molecule has 5 rings (SSSR count). The van der Waals surface area contributed by atoms with E-state index in [1.807, 2.05) is 18.1 Å². The van der Waals surface area contributed by atoms with E-state index in [1.165, 1.54) is 24.0 Å². The molecule has 1 atom stereocenters. The summed E-state index contributed by atoms with van der Waals surface area (Å²) in [4.78, 5) is 19.5. The third kappa shape index (κ3) is 3.75. The molecule has 0 saturated carbocycles. The number of ether oxygens (including phenoxy) is 1. The van der Waals surface area contributed by atoms with Crippen molar-refractivity contribution in [2.75, 3.05) is 19.8 Å². The number of nitrogens with zero attached hydrogens (tertiary/aromatic N) is 5. The van der Waals surface area contributed by atoms with E-state index in [-0.39, 0.29) is 11.9 Å². The number of carbonyl (C=O) groups excluding carboxylic acids is 1. The van der Waals surface area contributed by atoms with E-state index in [2.05, 4.69) is 33.4 Å². The smallest absolute Gasteiger partial charge is 0.261 e. The maximum absolute atomic E-state index is 13.2. The highest BCUT2D eigenvalue weighted by molar-refractivity contribution is 5.79. The minimum Gasteiger partial charge on any atom is -0.377 e. The largest absolute Gasteiger partial charge is 0.377 e. The number of hydrogen-bond donors (Lipinski definition) is 0. The summed E-state index contributed by atoms with van der Waals surface area (Å²) in [7, 11) is 1.83. The van der Waals surface area contributed by atoms with Crippen molar-refractivity contribution in [1.82, 2.24) is 24.8 Å². The van der Waals surface area contributed by atoms with Crippen molar-refractivity contribution >= 4 is 5.91 Å². The van der Waals surface area contributed by atoms with Crippen LogP contribution in [-0.2, 0) is 35.8 Å². The highest BCUT2D eigenvalue weighted by Crippen LogP contribution is 2.27. The van der Waals surface area contributed by atoms with Crippen molar-refractivity contribution in [3.8, 4) is 11.5 Å². The van der Waals surface area contributed by atoms with Gasteiger partial charge in [0.2, 0.25) is 5.91 Å². The van der Waals surface area contributed by atoms with Gasteiger partial charge in [0.05, 0.1) is 31.4 Å². The molecule has 1 aliphatic heterocycles. The SMILES string of the molecule is Cn1cc(-c2nc([C@@H]3COCCN3C(=O)Cc3ccc4c(c3)CCCC4)no2)cn1. The first-order valence-electron chi connectivity index (χ1n) is 10.5. The van der Waals surface area contributed by atoms with E-state index >= 15 is 0 Å². The number of amides is 1. The number of aromatic nitrogens is 4. The number of carbonyl (C=O) groups is 1. The van der Waals surface area contributed by atoms with Crippen LogP contribution in [-0.4, -0.2) is 50.5 Å². The van der Waals surface area contributed by atoms with Crippen LogP contribution < -0.4 is 0 Å². The Morgan fingerprint density at radius 3 is 2.93 bits per heavy atom. The lowest BCUT2D eigenvalue weighted by Crippen LogP contribution is -2.44. The summed E-state index contributed by atoms with van der Waals surface area (Å²) in [6.45, 7) is 1.40. The van der Waals surface area contributed by atoms with Gasteiger partial charge in [-0.3, -0.25) is 9.48 Å². The van der Waals surface area contributed by atoms with E-state index < -0.39 is 0 Å². The minimum absolute atomic E-state index is 0.0618. The molecule has 1 fully saturated rings. The predicted molar refractivity (Wildman–Crippen MR) is 109 cm³/mol. The zero-order valence-electron chi connectivity index (χ0n) is 17.1. The molecule has 1 amide bonds. The van der Waals surface area contributed by atoms with Gasteiger partial charge in [-0.1, -0.05) is 23.4 Å². The third-order valence-corrected chi connectivity index (χ3v) is 5.91. The van der Waals surface area contributed by atoms with Gasteiger partial charge in [0.25, 0.3) is 5.89 Å². The molecule has 0 N–H and O–H groups in total. The van der Waals surface area contributed by atoms with Crippen LogP contribution in [0.15, 0.2) is 35.1 Å². The Labute approximate surface area is 174 Å². The first-order valence-corrected chi connectivity index (χ1v) is 10.5. The van der Waals surface area contributed by atoms with Crippen LogP contribution in [0.3, 0.4) is 0 Å². The second kappa shape index (κ2) is 8.02. The molecule has 0 spiro atoms. The monoisotopic (exact) mass is 407 g/mol. The van der Waals surface area contributed by atoms with Crippen LogP contribution in [0.2, 0.25) is 0 Å². The lowest BCUT2D eigenvalue weighted by atomic mass is 9.90. The second-order valence-corrected chi connectivity index (χ2v) is 8.03. The van der Waals surface area contributed by atoms with Crippen molar-refractivity contribution in [2.24, 2.45) is 7.05 Å². The molecule has 8 nitrogen and oxygen atoms in total. The molecular weight excluding hydrogens is 382 g/mol. The number of hydrogen-bond acceptors (Lipinski definition) is 6. The summed E-state index contributed by atoms with van der Waals surface area (Å²) < 4.78 is 12.7. The first kappa shape index (κ1) is 19.0. The van der Waals surface area contributed by atoms with E-state index in [0.29, 0.717) is 37.9 Å². The van der Waals surface area contributed by atoms with Gasteiger partial charge in [0.1, 0.15) is 6.04 Å². The molecule has 1 aliphatic carbocycles. The topological polar surface area (TPSA) is 86.3 Å². The van der Waals surface area contributed by atoms with Crippen LogP contribution in [0.5, 0.6) is 0 Å². The van der Waals surface area contributed by atoms with Crippen LogP contribution >= 0.6 is 0 Å². The maximum Gasteiger partial charge on any atom is 0.261 e. The first-order chi connectivity index (χ1) is 14.7. The van der Waals surface area contributed by atoms with Gasteiger partial charge in [-0.25, -0.2) is 0 Å². The number of fused-ring (bicyclic) bond motifs is 1. The number of rotatable bonds is 4. The van der Waals surface area contributed by atoms with E-state index in [4.69, 9.17) is 9.26 Å². The summed E-state index contributed by atoms with van der Waals surface area (Å²) >= 11 is 0. The Morgan fingerprint density at radius 1 is 1.23 bits per heavy atom. The lowest BCUT2D eigenvalue weighted by Gasteiger charge is -2.33. The lowest BCUT2D eigenvalue weighted by molar-refractivity contribution is -0.139. The Hall–Kier alpha value is -3.00. The fourth-order valence-electron chi connectivity index (χ4n) is 4.31. The zero-order chi connectivity index (χ0) is 20.5. The van der Waals surface area contributed by atoms with Crippen LogP contribution in [0.4, 0.5) is 0 Å². The van der Waals surface area contributed by atoms with Crippen molar-refractivity contribution < 1.29 is 14.1 Å². The Kier molecular flexibility index (Phi) is 5.08. The number of aryl methyl sites for hydroxylation is 3. The summed E-state index contributed by atoms with van der Waals surface area (Å²) in [6, 6.07) is 6.13. The summed E-state index contributed by atoms with van der Waals surface area (Å²) in [5, 5.41) is 8.26. The maximum atomic E-state index is 13.2. The molecule has 3 aromatic rings. The van der Waals surface area contributed by atoms with Crippen LogP contribution in [0, 0.1) is 0 Å². The molecule has 0 bridgehead atoms. The second-order valence-electron chi connectivity index (χ2n) is 8.03. The van der Waals surface area contributed by atoms with Crippen molar-refractivity contribution in [3.63, 3.8) is 0 Å². The fourth-order valence-corrected chi connectivity index (χ4v) is 4.31. The molecule has 3 heterocycles. The fraction of sp³-hybridized carbons (Fsp3) is 0.455. The van der Waals surface area contributed by atoms with E-state index in [1.54, 1.807) is 10.9 Å². The highest BCUT2D eigenvalue weighted by Gasteiger charge is 2.32. The van der Waals surface area contributed by atoms with Gasteiger partial charge in [0, 0.05) is 19.8 Å². The third-order valence-electron chi connectivity index (χ3n) is 5.91. The quantitative estimate of drug-likeness (QED) is 0.661. The van der Waals surface area contributed by atoms with Gasteiger partial charge < -0.3 is 14.2 Å². The van der Waals surface area contributed by atoms with Gasteiger partial charge in [0.15, 0.2) is 5.82 Å². The predicted octanol–water partition coefficient (Wildman–Crippen LogP) is 2.49. The summed E-state index contributed by atoms with van der Waals surface area (Å²) in [5.41, 5.74) is 4.63. The molecular formula is C22H25N5O3. The van der Waals surface area contributed by atoms with Gasteiger partial charge in [-0.15, -0.1) is 0 Å². The standard InChI is InChI=1S/C22H25N5O3/c1-26-13-18(12-23-26)22-24-21(25-30-22)19-14-29-9-8-27(19)20(28)11-15-6-7-16-4-2-3-5-17(16)10-15/h6-7,10,12-13,19H,2-5,8-9,11,14H2,1H3/t19-/m0/s1. The molecule has 0 unspecified atom stereocenters. The Bertz CT molecular complexity index is 1060. The van der Waals surface area contributed by atoms with Gasteiger partial charge in [-0.05, 0) is 42.4 Å². The normalized spacial score (nSPS) is 19.0. The highest BCUT2D eigenvalue weighted by atomic mass is 16.5. The van der Waals surface area contributed by atoms with Gasteiger partial charge in [-0.2, -0.15) is 10.1 Å². The zero-order valence-corrected chi connectivity index (χ0v) is 17.1. The molecule has 1 aromatic carbocycles. The minimum atomic E-state index is -0.349. The molecule has 1 saturated heterocycles. The Balaban J connectivity index is 1.34. The average molecular weight is 407 g/mol. The van der Waals surface area contributed by atoms with Gasteiger partial charge >= 0.3 is 0 Å². The summed E-state index contributed by atoms with van der Waals surface area (Å²) in [5.74, 6) is 0.921. The molecule has 156 valence electrons. The van der Waals surface area contributed by atoms with E-state index in [0.717, 1.165) is 24.0 Å².